The van der Waals surface area contributed by atoms with E-state index in [1.807, 2.05) is 0 Å². The lowest BCUT2D eigenvalue weighted by Gasteiger charge is -2.34. The van der Waals surface area contributed by atoms with Crippen LogP contribution in [0, 0.1) is 0 Å². The average molecular weight is 344 g/mol. The molecule has 0 aliphatic carbocycles. The number of nitrogens with zero attached hydrogens (tertiary/aromatic N) is 1. The van der Waals surface area contributed by atoms with Gasteiger partial charge in [0.05, 0.1) is 30.9 Å². The molecule has 2 heterocycles. The molecule has 2 fully saturated rings. The minimum Gasteiger partial charge on any atom is -0.392 e. The van der Waals surface area contributed by atoms with Crippen molar-refractivity contribution in [3.05, 3.63) is 35.4 Å². The number of morpholine rings is 1. The molecule has 3 rings (SSSR count). The third kappa shape index (κ3) is 3.71. The third-order valence-electron chi connectivity index (χ3n) is 4.37. The molecular formula is C16H19F3N2O3. The van der Waals surface area contributed by atoms with Crippen molar-refractivity contribution in [2.24, 2.45) is 0 Å². The molecule has 1 aromatic carbocycles. The van der Waals surface area contributed by atoms with Gasteiger partial charge in [-0.1, -0.05) is 12.1 Å². The summed E-state index contributed by atoms with van der Waals surface area (Å²) in [5, 5.41) is 12.5. The zero-order chi connectivity index (χ0) is 17.3. The smallest absolute Gasteiger partial charge is 0.392 e. The highest BCUT2D eigenvalue weighted by Crippen LogP contribution is 2.32. The van der Waals surface area contributed by atoms with E-state index in [2.05, 4.69) is 5.32 Å². The van der Waals surface area contributed by atoms with Gasteiger partial charge in [-0.15, -0.1) is 0 Å². The van der Waals surface area contributed by atoms with E-state index >= 15 is 0 Å². The number of hydrogen-bond acceptors (Lipinski definition) is 4. The van der Waals surface area contributed by atoms with E-state index in [1.165, 1.54) is 6.07 Å². The molecule has 2 aliphatic heterocycles. The van der Waals surface area contributed by atoms with Crippen LogP contribution in [0.15, 0.2) is 24.3 Å². The Balaban J connectivity index is 1.70. The number of carbonyl (C=O) groups excluding carboxylic acids is 1. The minimum absolute atomic E-state index is 0.146. The fourth-order valence-corrected chi connectivity index (χ4v) is 3.09. The quantitative estimate of drug-likeness (QED) is 0.850. The lowest BCUT2D eigenvalue weighted by atomic mass is 10.0. The first-order chi connectivity index (χ1) is 11.3. The molecule has 8 heteroatoms. The second-order valence-electron chi connectivity index (χ2n) is 6.12. The summed E-state index contributed by atoms with van der Waals surface area (Å²) in [6.45, 7) is 1.23. The Bertz CT molecular complexity index is 608. The summed E-state index contributed by atoms with van der Waals surface area (Å²) in [5.74, 6) is -0.146. The summed E-state index contributed by atoms with van der Waals surface area (Å²) in [4.78, 5) is 14.1. The molecule has 0 saturated carbocycles. The number of nitrogens with one attached hydrogen (secondary N) is 1. The van der Waals surface area contributed by atoms with Gasteiger partial charge >= 0.3 is 6.18 Å². The maximum absolute atomic E-state index is 12.8. The number of halogens is 3. The predicted octanol–water partition coefficient (Wildman–Crippen LogP) is 1.33. The van der Waals surface area contributed by atoms with Crippen molar-refractivity contribution in [1.29, 1.82) is 0 Å². The van der Waals surface area contributed by atoms with Crippen molar-refractivity contribution in [2.75, 3.05) is 26.2 Å². The van der Waals surface area contributed by atoms with E-state index < -0.39 is 30.0 Å². The van der Waals surface area contributed by atoms with Gasteiger partial charge < -0.3 is 20.1 Å². The maximum atomic E-state index is 12.8. The number of amides is 1. The topological polar surface area (TPSA) is 61.8 Å². The van der Waals surface area contributed by atoms with E-state index in [0.29, 0.717) is 25.1 Å². The summed E-state index contributed by atoms with van der Waals surface area (Å²) in [6.07, 6.45) is -5.19. The summed E-state index contributed by atoms with van der Waals surface area (Å²) in [5.41, 5.74) is -0.325. The van der Waals surface area contributed by atoms with Crippen molar-refractivity contribution in [3.63, 3.8) is 0 Å². The first-order valence-corrected chi connectivity index (χ1v) is 7.83. The molecular weight excluding hydrogens is 325 g/mol. The van der Waals surface area contributed by atoms with Gasteiger partial charge in [-0.25, -0.2) is 0 Å². The first kappa shape index (κ1) is 17.2. The number of β-amino-alcohol motifs (C(OH)–C–C–N with tert-alkyl or cyclic N) is 1. The van der Waals surface area contributed by atoms with Crippen molar-refractivity contribution < 1.29 is 27.8 Å². The molecule has 2 aliphatic rings. The van der Waals surface area contributed by atoms with Crippen LogP contribution in [-0.2, 0) is 15.7 Å². The molecule has 132 valence electrons. The Morgan fingerprint density at radius 1 is 1.38 bits per heavy atom. The molecule has 0 spiro atoms. The van der Waals surface area contributed by atoms with Crippen LogP contribution >= 0.6 is 0 Å². The number of aliphatic hydroxyl groups is 1. The summed E-state index contributed by atoms with van der Waals surface area (Å²) >= 11 is 0. The summed E-state index contributed by atoms with van der Waals surface area (Å²) in [7, 11) is 0. The number of ether oxygens (including phenoxy) is 1. The van der Waals surface area contributed by atoms with E-state index in [-0.39, 0.29) is 19.1 Å². The minimum atomic E-state index is -4.41. The Morgan fingerprint density at radius 3 is 2.83 bits per heavy atom. The highest BCUT2D eigenvalue weighted by Gasteiger charge is 2.35. The van der Waals surface area contributed by atoms with Gasteiger partial charge in [0.15, 0.2) is 0 Å². The van der Waals surface area contributed by atoms with Crippen molar-refractivity contribution in [1.82, 2.24) is 10.2 Å². The molecule has 1 amide bonds. The first-order valence-electron chi connectivity index (χ1n) is 7.83. The fourth-order valence-electron chi connectivity index (χ4n) is 3.09. The zero-order valence-electron chi connectivity index (χ0n) is 12.9. The van der Waals surface area contributed by atoms with Gasteiger partial charge in [0.25, 0.3) is 0 Å². The van der Waals surface area contributed by atoms with Crippen molar-refractivity contribution >= 4 is 5.91 Å². The molecule has 0 aromatic heterocycles. The largest absolute Gasteiger partial charge is 0.416 e. The van der Waals surface area contributed by atoms with E-state index in [1.54, 1.807) is 11.0 Å². The number of rotatable bonds is 2. The lowest BCUT2D eigenvalue weighted by Crippen LogP contribution is -2.49. The second-order valence-corrected chi connectivity index (χ2v) is 6.12. The standard InChI is InChI=1S/C16H19F3N2O3/c17-16(18,19)11-3-1-2-10(6-11)14-9-21(4-5-24-14)15(23)13-7-12(22)8-20-13/h1-3,6,12-14,20,22H,4-5,7-9H2/t12-,13+,14-/m1/s1. The third-order valence-corrected chi connectivity index (χ3v) is 4.37. The molecule has 24 heavy (non-hydrogen) atoms. The van der Waals surface area contributed by atoms with Crippen LogP contribution in [0.4, 0.5) is 13.2 Å². The Hall–Kier alpha value is -1.64. The predicted molar refractivity (Wildman–Crippen MR) is 79.1 cm³/mol. The van der Waals surface area contributed by atoms with Gasteiger partial charge in [0.1, 0.15) is 6.10 Å². The number of hydrogen-bond donors (Lipinski definition) is 2. The summed E-state index contributed by atoms with van der Waals surface area (Å²) < 4.78 is 44.1. The molecule has 3 atom stereocenters. The van der Waals surface area contributed by atoms with Crippen LogP contribution in [0.1, 0.15) is 23.7 Å². The molecule has 1 aromatic rings. The van der Waals surface area contributed by atoms with Gasteiger partial charge in [0, 0.05) is 13.1 Å². The highest BCUT2D eigenvalue weighted by molar-refractivity contribution is 5.82. The number of benzene rings is 1. The Morgan fingerprint density at radius 2 is 2.17 bits per heavy atom. The molecule has 0 unspecified atom stereocenters. The van der Waals surface area contributed by atoms with Gasteiger partial charge in [0.2, 0.25) is 5.91 Å². The number of carbonyl (C=O) groups is 1. The van der Waals surface area contributed by atoms with Crippen LogP contribution in [-0.4, -0.2) is 54.3 Å². The van der Waals surface area contributed by atoms with E-state index in [4.69, 9.17) is 4.74 Å². The van der Waals surface area contributed by atoms with Crippen LogP contribution in [0.25, 0.3) is 0 Å². The maximum Gasteiger partial charge on any atom is 0.416 e. The average Bonchev–Trinajstić information content (AvgIpc) is 3.00. The molecule has 0 radical (unpaired) electrons. The summed E-state index contributed by atoms with van der Waals surface area (Å²) in [6, 6.07) is 4.55. The van der Waals surface area contributed by atoms with Crippen molar-refractivity contribution in [3.8, 4) is 0 Å². The van der Waals surface area contributed by atoms with Crippen LogP contribution < -0.4 is 5.32 Å². The molecule has 2 saturated heterocycles. The lowest BCUT2D eigenvalue weighted by molar-refractivity contribution is -0.142. The van der Waals surface area contributed by atoms with Crippen LogP contribution in [0.5, 0.6) is 0 Å². The normalized spacial score (nSPS) is 28.2. The monoisotopic (exact) mass is 344 g/mol. The Labute approximate surface area is 137 Å². The highest BCUT2D eigenvalue weighted by atomic mass is 19.4. The second kappa shape index (κ2) is 6.70. The molecule has 2 N–H and O–H groups in total. The van der Waals surface area contributed by atoms with Crippen LogP contribution in [0.3, 0.4) is 0 Å². The number of alkyl halides is 3. The zero-order valence-corrected chi connectivity index (χ0v) is 12.9. The Kier molecular flexibility index (Phi) is 4.80. The molecule has 0 bridgehead atoms. The molecule has 5 nitrogen and oxygen atoms in total. The van der Waals surface area contributed by atoms with E-state index in [9.17, 15) is 23.1 Å². The fraction of sp³-hybridized carbons (Fsp3) is 0.562. The van der Waals surface area contributed by atoms with E-state index in [0.717, 1.165) is 12.1 Å². The number of aliphatic hydroxyl groups excluding tert-OH is 1. The van der Waals surface area contributed by atoms with Crippen LogP contribution in [0.2, 0.25) is 0 Å². The van der Waals surface area contributed by atoms with Gasteiger partial charge in [-0.05, 0) is 24.1 Å². The van der Waals surface area contributed by atoms with Gasteiger partial charge in [-0.2, -0.15) is 13.2 Å². The van der Waals surface area contributed by atoms with Crippen molar-refractivity contribution in [2.45, 2.75) is 30.8 Å². The SMILES string of the molecule is O=C([C@@H]1C[C@@H](O)CN1)N1CCO[C@@H](c2cccc(C(F)(F)F)c2)C1. The van der Waals surface area contributed by atoms with Gasteiger partial charge in [-0.3, -0.25) is 4.79 Å².